The van der Waals surface area contributed by atoms with Gasteiger partial charge in [0, 0.05) is 17.1 Å². The van der Waals surface area contributed by atoms with Gasteiger partial charge >= 0.3 is 5.97 Å². The second-order valence-corrected chi connectivity index (χ2v) is 5.48. The summed E-state index contributed by atoms with van der Waals surface area (Å²) in [6.45, 7) is 0. The lowest BCUT2D eigenvalue weighted by atomic mass is 9.84. The van der Waals surface area contributed by atoms with Crippen molar-refractivity contribution in [3.63, 3.8) is 0 Å². The molecule has 1 fully saturated rings. The fourth-order valence-electron chi connectivity index (χ4n) is 3.09. The number of carboxylic acids is 1. The Hall–Kier alpha value is -2.10. The molecule has 1 saturated carbocycles. The van der Waals surface area contributed by atoms with Gasteiger partial charge < -0.3 is 10.1 Å². The quantitative estimate of drug-likeness (QED) is 0.880. The average Bonchev–Trinajstić information content (AvgIpc) is 2.48. The molecule has 2 aromatic rings. The van der Waals surface area contributed by atoms with Crippen molar-refractivity contribution in [2.24, 2.45) is 0 Å². The Balaban J connectivity index is 2.06. The summed E-state index contributed by atoms with van der Waals surface area (Å²) in [5.41, 5.74) is 1.35. The molecule has 1 aromatic carbocycles. The van der Waals surface area contributed by atoms with Gasteiger partial charge in [-0.05, 0) is 36.5 Å². The van der Waals surface area contributed by atoms with Gasteiger partial charge in [0.1, 0.15) is 5.56 Å². The van der Waals surface area contributed by atoms with Gasteiger partial charge in [-0.2, -0.15) is 0 Å². The van der Waals surface area contributed by atoms with E-state index in [4.69, 9.17) is 5.11 Å². The first-order chi connectivity index (χ1) is 9.66. The van der Waals surface area contributed by atoms with Crippen LogP contribution in [0.2, 0.25) is 0 Å². The first kappa shape index (κ1) is 12.9. The number of aromatic amines is 1. The normalized spacial score (nSPS) is 16.4. The SMILES string of the molecule is O=C(O)c1c[nH]c2cc(C3CCCCC3)ccc2c1=O. The highest BCUT2D eigenvalue weighted by Crippen LogP contribution is 2.33. The summed E-state index contributed by atoms with van der Waals surface area (Å²) < 4.78 is 0. The first-order valence-electron chi connectivity index (χ1n) is 7.05. The molecule has 0 radical (unpaired) electrons. The van der Waals surface area contributed by atoms with Crippen molar-refractivity contribution >= 4 is 16.9 Å². The minimum Gasteiger partial charge on any atom is -0.477 e. The molecule has 0 saturated heterocycles. The Bertz CT molecular complexity index is 711. The highest BCUT2D eigenvalue weighted by atomic mass is 16.4. The van der Waals surface area contributed by atoms with Gasteiger partial charge in [-0.1, -0.05) is 25.3 Å². The van der Waals surface area contributed by atoms with Crippen LogP contribution in [0.3, 0.4) is 0 Å². The van der Waals surface area contributed by atoms with Crippen molar-refractivity contribution in [2.75, 3.05) is 0 Å². The number of pyridine rings is 1. The zero-order chi connectivity index (χ0) is 14.1. The number of carbonyl (C=O) groups is 1. The lowest BCUT2D eigenvalue weighted by Gasteiger charge is -2.22. The maximum Gasteiger partial charge on any atom is 0.341 e. The van der Waals surface area contributed by atoms with Crippen molar-refractivity contribution in [3.8, 4) is 0 Å². The summed E-state index contributed by atoms with van der Waals surface area (Å²) in [5, 5.41) is 9.41. The summed E-state index contributed by atoms with van der Waals surface area (Å²) in [4.78, 5) is 26.0. The van der Waals surface area contributed by atoms with E-state index in [0.29, 0.717) is 11.3 Å². The van der Waals surface area contributed by atoms with Crippen molar-refractivity contribution in [3.05, 3.63) is 45.7 Å². The van der Waals surface area contributed by atoms with E-state index < -0.39 is 11.4 Å². The number of hydrogen-bond donors (Lipinski definition) is 2. The summed E-state index contributed by atoms with van der Waals surface area (Å²) >= 11 is 0. The third kappa shape index (κ3) is 2.22. The van der Waals surface area contributed by atoms with Gasteiger partial charge in [0.05, 0.1) is 0 Å². The van der Waals surface area contributed by atoms with Crippen molar-refractivity contribution < 1.29 is 9.90 Å². The van der Waals surface area contributed by atoms with Crippen LogP contribution in [-0.4, -0.2) is 16.1 Å². The zero-order valence-electron chi connectivity index (χ0n) is 11.2. The molecule has 4 nitrogen and oxygen atoms in total. The Morgan fingerprint density at radius 2 is 1.95 bits per heavy atom. The van der Waals surface area contributed by atoms with Crippen LogP contribution in [0.25, 0.3) is 10.9 Å². The van der Waals surface area contributed by atoms with Crippen molar-refractivity contribution in [2.45, 2.75) is 38.0 Å². The molecular formula is C16H17NO3. The standard InChI is InChI=1S/C16H17NO3/c18-15-12-7-6-11(10-4-2-1-3-5-10)8-14(12)17-9-13(15)16(19)20/h6-10H,1-5H2,(H,17,18)(H,19,20). The number of fused-ring (bicyclic) bond motifs is 1. The molecule has 0 atom stereocenters. The molecule has 0 bridgehead atoms. The molecule has 0 amide bonds. The number of carboxylic acid groups (broad SMARTS) is 1. The second kappa shape index (κ2) is 5.12. The van der Waals surface area contributed by atoms with Gasteiger partial charge in [-0.15, -0.1) is 0 Å². The molecule has 0 unspecified atom stereocenters. The van der Waals surface area contributed by atoms with Gasteiger partial charge in [-0.3, -0.25) is 4.79 Å². The lowest BCUT2D eigenvalue weighted by molar-refractivity contribution is 0.0695. The molecule has 0 spiro atoms. The van der Waals surface area contributed by atoms with E-state index >= 15 is 0 Å². The fourth-order valence-corrected chi connectivity index (χ4v) is 3.09. The van der Waals surface area contributed by atoms with E-state index in [1.807, 2.05) is 12.1 Å². The Morgan fingerprint density at radius 3 is 2.65 bits per heavy atom. The van der Waals surface area contributed by atoms with E-state index in [1.165, 1.54) is 43.9 Å². The number of hydrogen-bond acceptors (Lipinski definition) is 2. The van der Waals surface area contributed by atoms with Crippen LogP contribution >= 0.6 is 0 Å². The van der Waals surface area contributed by atoms with Crippen molar-refractivity contribution in [1.82, 2.24) is 4.98 Å². The maximum absolute atomic E-state index is 12.1. The monoisotopic (exact) mass is 271 g/mol. The van der Waals surface area contributed by atoms with Gasteiger partial charge in [0.25, 0.3) is 0 Å². The smallest absolute Gasteiger partial charge is 0.341 e. The van der Waals surface area contributed by atoms with E-state index in [-0.39, 0.29) is 5.56 Å². The molecular weight excluding hydrogens is 254 g/mol. The minimum atomic E-state index is -1.19. The molecule has 20 heavy (non-hydrogen) atoms. The largest absolute Gasteiger partial charge is 0.477 e. The van der Waals surface area contributed by atoms with E-state index in [1.54, 1.807) is 6.07 Å². The molecule has 1 aromatic heterocycles. The van der Waals surface area contributed by atoms with Crippen molar-refractivity contribution in [1.29, 1.82) is 0 Å². The maximum atomic E-state index is 12.1. The predicted molar refractivity (Wildman–Crippen MR) is 77.4 cm³/mol. The number of aromatic carboxylic acids is 1. The van der Waals surface area contributed by atoms with Crippen LogP contribution in [-0.2, 0) is 0 Å². The highest BCUT2D eigenvalue weighted by Gasteiger charge is 2.17. The molecule has 2 N–H and O–H groups in total. The molecule has 104 valence electrons. The van der Waals surface area contributed by atoms with Crippen LogP contribution in [0.5, 0.6) is 0 Å². The molecule has 1 heterocycles. The number of rotatable bonds is 2. The molecule has 3 rings (SSSR count). The van der Waals surface area contributed by atoms with Crippen LogP contribution in [0, 0.1) is 0 Å². The molecule has 0 aliphatic heterocycles. The fraction of sp³-hybridized carbons (Fsp3) is 0.375. The Morgan fingerprint density at radius 1 is 1.20 bits per heavy atom. The van der Waals surface area contributed by atoms with E-state index in [0.717, 1.165) is 5.52 Å². The first-order valence-corrected chi connectivity index (χ1v) is 7.05. The number of benzene rings is 1. The minimum absolute atomic E-state index is 0.206. The molecule has 4 heteroatoms. The molecule has 1 aliphatic carbocycles. The second-order valence-electron chi connectivity index (χ2n) is 5.48. The summed E-state index contributed by atoms with van der Waals surface area (Å²) in [5.74, 6) is -0.625. The summed E-state index contributed by atoms with van der Waals surface area (Å²) in [6, 6.07) is 5.72. The summed E-state index contributed by atoms with van der Waals surface area (Å²) in [6.07, 6.45) is 7.51. The van der Waals surface area contributed by atoms with E-state index in [9.17, 15) is 9.59 Å². The average molecular weight is 271 g/mol. The van der Waals surface area contributed by atoms with Gasteiger partial charge in [-0.25, -0.2) is 4.79 Å². The van der Waals surface area contributed by atoms with Crippen LogP contribution in [0.15, 0.2) is 29.2 Å². The zero-order valence-corrected chi connectivity index (χ0v) is 11.2. The highest BCUT2D eigenvalue weighted by molar-refractivity contribution is 5.92. The third-order valence-electron chi connectivity index (χ3n) is 4.21. The number of aromatic nitrogens is 1. The molecule has 1 aliphatic rings. The third-order valence-corrected chi connectivity index (χ3v) is 4.21. The number of H-pyrrole nitrogens is 1. The van der Waals surface area contributed by atoms with Crippen LogP contribution < -0.4 is 5.43 Å². The van der Waals surface area contributed by atoms with Crippen LogP contribution in [0.4, 0.5) is 0 Å². The van der Waals surface area contributed by atoms with Gasteiger partial charge in [0.15, 0.2) is 0 Å². The van der Waals surface area contributed by atoms with E-state index in [2.05, 4.69) is 4.98 Å². The van der Waals surface area contributed by atoms with Gasteiger partial charge in [0.2, 0.25) is 5.43 Å². The summed E-state index contributed by atoms with van der Waals surface area (Å²) in [7, 11) is 0. The number of nitrogens with one attached hydrogen (secondary N) is 1. The Kier molecular flexibility index (Phi) is 3.30. The van der Waals surface area contributed by atoms with Crippen LogP contribution in [0.1, 0.15) is 53.9 Å². The lowest BCUT2D eigenvalue weighted by Crippen LogP contribution is -2.15. The Labute approximate surface area is 116 Å². The topological polar surface area (TPSA) is 70.2 Å². The predicted octanol–water partition coefficient (Wildman–Crippen LogP) is 3.27.